The molecular weight excluding hydrogens is 244 g/mol. The van der Waals surface area contributed by atoms with Crippen molar-refractivity contribution in [1.29, 1.82) is 5.26 Å². The molecule has 2 aromatic rings. The van der Waals surface area contributed by atoms with Crippen LogP contribution in [-0.4, -0.2) is 8.96 Å². The third kappa shape index (κ3) is 1.54. The van der Waals surface area contributed by atoms with Crippen LogP contribution in [0.5, 0.6) is 0 Å². The van der Waals surface area contributed by atoms with Crippen LogP contribution in [0.15, 0.2) is 12.3 Å². The minimum absolute atomic E-state index is 0.135. The highest BCUT2D eigenvalue weighted by Gasteiger charge is 2.13. The topological polar surface area (TPSA) is 41.6 Å². The van der Waals surface area contributed by atoms with E-state index in [4.69, 9.17) is 16.9 Å². The van der Waals surface area contributed by atoms with E-state index in [1.807, 2.05) is 6.07 Å². The molecule has 0 spiro atoms. The molecule has 2 aromatic heterocycles. The number of rotatable bonds is 1. The van der Waals surface area contributed by atoms with Gasteiger partial charge in [-0.15, -0.1) is 3.89 Å². The van der Waals surface area contributed by atoms with Gasteiger partial charge in [-0.05, 0) is 0 Å². The van der Waals surface area contributed by atoms with Crippen molar-refractivity contribution < 1.29 is 8.28 Å². The molecule has 0 N–H and O–H groups in total. The van der Waals surface area contributed by atoms with Gasteiger partial charge in [-0.3, -0.25) is 3.97 Å². The van der Waals surface area contributed by atoms with Crippen molar-refractivity contribution in [2.24, 2.45) is 0 Å². The van der Waals surface area contributed by atoms with Gasteiger partial charge in [0.1, 0.15) is 11.6 Å². The van der Waals surface area contributed by atoms with Crippen molar-refractivity contribution in [1.82, 2.24) is 8.96 Å². The van der Waals surface area contributed by atoms with Crippen LogP contribution in [0.1, 0.15) is 5.56 Å². The summed E-state index contributed by atoms with van der Waals surface area (Å²) in [6.45, 7) is 0. The van der Waals surface area contributed by atoms with Crippen LogP contribution in [0.4, 0.5) is 8.28 Å². The lowest BCUT2D eigenvalue weighted by Crippen LogP contribution is -1.86. The summed E-state index contributed by atoms with van der Waals surface area (Å²) in [6, 6.07) is 2.87. The second-order valence-corrected chi connectivity index (χ2v) is 3.57. The quantitative estimate of drug-likeness (QED) is 0.725. The molecule has 0 saturated heterocycles. The highest BCUT2D eigenvalue weighted by Crippen LogP contribution is 2.27. The molecule has 0 aliphatic rings. The standard InChI is InChI=1S/C8H2ClF2N3S/c9-8-5(10)1-6-7(13-8)4(2-12)3-14(6)15-11/h1,3H. The summed E-state index contributed by atoms with van der Waals surface area (Å²) in [7, 11) is 0. The molecule has 0 fully saturated rings. The highest BCUT2D eigenvalue weighted by atomic mass is 35.5. The summed E-state index contributed by atoms with van der Waals surface area (Å²) >= 11 is 5.33. The number of aromatic nitrogens is 2. The van der Waals surface area contributed by atoms with E-state index in [0.29, 0.717) is 0 Å². The predicted molar refractivity (Wildman–Crippen MR) is 53.5 cm³/mol. The van der Waals surface area contributed by atoms with Crippen LogP contribution in [0.3, 0.4) is 0 Å². The molecule has 0 aliphatic carbocycles. The molecule has 0 amide bonds. The van der Waals surface area contributed by atoms with Crippen molar-refractivity contribution in [3.05, 3.63) is 28.8 Å². The third-order valence-corrected chi connectivity index (χ3v) is 2.56. The summed E-state index contributed by atoms with van der Waals surface area (Å²) in [6.07, 6.45) is 1.23. The predicted octanol–water partition coefficient (Wildman–Crippen LogP) is 3.08. The molecule has 2 rings (SSSR count). The number of pyridine rings is 1. The lowest BCUT2D eigenvalue weighted by molar-refractivity contribution is 0.624. The maximum atomic E-state index is 13.1. The first kappa shape index (κ1) is 10.2. The summed E-state index contributed by atoms with van der Waals surface area (Å²) < 4.78 is 26.5. The fourth-order valence-corrected chi connectivity index (χ4v) is 1.71. The van der Waals surface area contributed by atoms with Crippen molar-refractivity contribution in [2.45, 2.75) is 0 Å². The molecule has 76 valence electrons. The molecule has 0 unspecified atom stereocenters. The Morgan fingerprint density at radius 1 is 1.60 bits per heavy atom. The SMILES string of the molecule is N#Cc1cn(SF)c2cc(F)c(Cl)nc12. The highest BCUT2D eigenvalue weighted by molar-refractivity contribution is 7.92. The molecule has 2 heterocycles. The summed E-state index contributed by atoms with van der Waals surface area (Å²) in [5.74, 6) is -0.748. The first-order chi connectivity index (χ1) is 7.17. The Morgan fingerprint density at radius 2 is 2.33 bits per heavy atom. The fourth-order valence-electron chi connectivity index (χ4n) is 1.21. The van der Waals surface area contributed by atoms with Crippen LogP contribution in [0.25, 0.3) is 11.0 Å². The number of nitriles is 1. The van der Waals surface area contributed by atoms with Crippen molar-refractivity contribution in [2.75, 3.05) is 0 Å². The molecule has 7 heteroatoms. The van der Waals surface area contributed by atoms with Crippen LogP contribution < -0.4 is 0 Å². The van der Waals surface area contributed by atoms with E-state index >= 15 is 0 Å². The average molecular weight is 246 g/mol. The molecule has 0 radical (unpaired) electrons. The Hall–Kier alpha value is -1.32. The molecule has 0 saturated carbocycles. The van der Waals surface area contributed by atoms with Gasteiger partial charge < -0.3 is 0 Å². The van der Waals surface area contributed by atoms with Crippen LogP contribution in [-0.2, 0) is 0 Å². The van der Waals surface area contributed by atoms with Crippen LogP contribution >= 0.6 is 23.9 Å². The van der Waals surface area contributed by atoms with Gasteiger partial charge in [-0.1, -0.05) is 11.6 Å². The number of nitrogens with zero attached hydrogens (tertiary/aromatic N) is 3. The molecular formula is C8H2ClF2N3S. The lowest BCUT2D eigenvalue weighted by Gasteiger charge is -1.97. The maximum absolute atomic E-state index is 13.1. The second-order valence-electron chi connectivity index (χ2n) is 2.68. The minimum Gasteiger partial charge on any atom is -0.261 e. The van der Waals surface area contributed by atoms with Crippen LogP contribution in [0, 0.1) is 17.1 Å². The van der Waals surface area contributed by atoms with Crippen molar-refractivity contribution >= 4 is 35.0 Å². The summed E-state index contributed by atoms with van der Waals surface area (Å²) in [4.78, 5) is 3.68. The third-order valence-electron chi connectivity index (χ3n) is 1.85. The van der Waals surface area contributed by atoms with E-state index in [9.17, 15) is 8.28 Å². The van der Waals surface area contributed by atoms with E-state index in [2.05, 4.69) is 4.98 Å². The van der Waals surface area contributed by atoms with E-state index in [1.165, 1.54) is 6.20 Å². The van der Waals surface area contributed by atoms with Gasteiger partial charge in [0.05, 0.1) is 11.1 Å². The first-order valence-electron chi connectivity index (χ1n) is 3.73. The van der Waals surface area contributed by atoms with E-state index in [0.717, 1.165) is 10.0 Å². The Morgan fingerprint density at radius 3 is 2.93 bits per heavy atom. The Bertz CT molecular complexity index is 575. The molecule has 0 bridgehead atoms. The zero-order chi connectivity index (χ0) is 11.0. The first-order valence-corrected chi connectivity index (χ1v) is 4.79. The monoisotopic (exact) mass is 245 g/mol. The van der Waals surface area contributed by atoms with Gasteiger partial charge in [-0.25, -0.2) is 9.37 Å². The van der Waals surface area contributed by atoms with E-state index in [-0.39, 0.29) is 34.1 Å². The normalized spacial score (nSPS) is 10.5. The van der Waals surface area contributed by atoms with Gasteiger partial charge in [0.25, 0.3) is 0 Å². The largest absolute Gasteiger partial charge is 0.261 e. The number of fused-ring (bicyclic) bond motifs is 1. The zero-order valence-electron chi connectivity index (χ0n) is 7.04. The maximum Gasteiger partial charge on any atom is 0.169 e. The van der Waals surface area contributed by atoms with Gasteiger partial charge in [0, 0.05) is 12.3 Å². The van der Waals surface area contributed by atoms with Crippen molar-refractivity contribution in [3.8, 4) is 6.07 Å². The molecule has 0 aromatic carbocycles. The van der Waals surface area contributed by atoms with Crippen molar-refractivity contribution in [3.63, 3.8) is 0 Å². The average Bonchev–Trinajstić information content (AvgIpc) is 2.56. The Balaban J connectivity index is 2.87. The van der Waals surface area contributed by atoms with E-state index in [1.54, 1.807) is 0 Å². The Kier molecular flexibility index (Phi) is 2.50. The lowest BCUT2D eigenvalue weighted by atomic mass is 10.3. The van der Waals surface area contributed by atoms with E-state index < -0.39 is 5.82 Å². The number of halogens is 3. The minimum atomic E-state index is -0.748. The summed E-state index contributed by atoms with van der Waals surface area (Å²) in [5.41, 5.74) is 0.520. The fraction of sp³-hybridized carbons (Fsp3) is 0. The number of hydrogen-bond donors (Lipinski definition) is 0. The molecule has 3 nitrogen and oxygen atoms in total. The molecule has 0 atom stereocenters. The van der Waals surface area contributed by atoms with Gasteiger partial charge in [-0.2, -0.15) is 5.26 Å². The molecule has 15 heavy (non-hydrogen) atoms. The van der Waals surface area contributed by atoms with Crippen LogP contribution in [0.2, 0.25) is 5.15 Å². The van der Waals surface area contributed by atoms with Gasteiger partial charge in [0.2, 0.25) is 0 Å². The zero-order valence-corrected chi connectivity index (χ0v) is 8.61. The Labute approximate surface area is 92.7 Å². The number of hydrogen-bond acceptors (Lipinski definition) is 3. The smallest absolute Gasteiger partial charge is 0.169 e. The second kappa shape index (κ2) is 3.68. The van der Waals surface area contributed by atoms with Gasteiger partial charge >= 0.3 is 0 Å². The summed E-state index contributed by atoms with van der Waals surface area (Å²) in [5, 5.41) is 8.40. The van der Waals surface area contributed by atoms with Gasteiger partial charge in [0.15, 0.2) is 23.3 Å². The molecule has 0 aliphatic heterocycles.